The summed E-state index contributed by atoms with van der Waals surface area (Å²) < 4.78 is 26.9. The maximum absolute atomic E-state index is 14.4. The first-order chi connectivity index (χ1) is 14.2. The quantitative estimate of drug-likeness (QED) is 0.433. The summed E-state index contributed by atoms with van der Waals surface area (Å²) in [4.78, 5) is 12.1. The van der Waals surface area contributed by atoms with Crippen LogP contribution in [0.3, 0.4) is 0 Å². The Morgan fingerprint density at radius 1 is 1.17 bits per heavy atom. The summed E-state index contributed by atoms with van der Waals surface area (Å²) in [5, 5.41) is 8.88. The Morgan fingerprint density at radius 3 is 2.72 bits per heavy atom. The fourth-order valence-electron chi connectivity index (χ4n) is 3.12. The Labute approximate surface area is 172 Å². The number of aromatic nitrogens is 3. The first kappa shape index (κ1) is 19.6. The molecule has 1 atom stereocenters. The van der Waals surface area contributed by atoms with Crippen LogP contribution in [0.15, 0.2) is 59.8 Å². The number of rotatable bonds is 7. The zero-order chi connectivity index (χ0) is 20.1. The Morgan fingerprint density at radius 2 is 1.97 bits per heavy atom. The van der Waals surface area contributed by atoms with E-state index in [4.69, 9.17) is 9.47 Å². The van der Waals surface area contributed by atoms with Crippen molar-refractivity contribution >= 4 is 17.7 Å². The third kappa shape index (κ3) is 4.65. The van der Waals surface area contributed by atoms with Gasteiger partial charge >= 0.3 is 5.97 Å². The standard InChI is InChI=1S/C21H20FN3O3S/c22-18-11-5-4-10-17(18)20-23-24-21(25(20)15-7-2-1-3-8-15)29-14-19(26)28-13-16-9-6-12-27-16/h1-5,7-8,10-11,16H,6,9,12-14H2. The fourth-order valence-corrected chi connectivity index (χ4v) is 3.87. The summed E-state index contributed by atoms with van der Waals surface area (Å²) in [5.74, 6) is -0.274. The molecule has 1 aliphatic heterocycles. The van der Waals surface area contributed by atoms with Crippen LogP contribution in [0, 0.1) is 5.82 Å². The Balaban J connectivity index is 1.54. The van der Waals surface area contributed by atoms with Crippen LogP contribution in [-0.4, -0.2) is 45.8 Å². The first-order valence-electron chi connectivity index (χ1n) is 9.38. The van der Waals surface area contributed by atoms with Crippen LogP contribution in [0.1, 0.15) is 12.8 Å². The van der Waals surface area contributed by atoms with E-state index in [1.54, 1.807) is 22.8 Å². The molecule has 2 heterocycles. The molecule has 1 aromatic heterocycles. The van der Waals surface area contributed by atoms with Gasteiger partial charge in [-0.15, -0.1) is 10.2 Å². The Kier molecular flexibility index (Phi) is 6.21. The maximum atomic E-state index is 14.4. The fraction of sp³-hybridized carbons (Fsp3) is 0.286. The van der Waals surface area contributed by atoms with Crippen molar-refractivity contribution in [3.63, 3.8) is 0 Å². The van der Waals surface area contributed by atoms with Crippen molar-refractivity contribution in [3.05, 3.63) is 60.4 Å². The van der Waals surface area contributed by atoms with Crippen LogP contribution in [0.4, 0.5) is 4.39 Å². The minimum absolute atomic E-state index is 0.00965. The van der Waals surface area contributed by atoms with Gasteiger partial charge in [-0.3, -0.25) is 9.36 Å². The van der Waals surface area contributed by atoms with Crippen LogP contribution >= 0.6 is 11.8 Å². The highest BCUT2D eigenvalue weighted by molar-refractivity contribution is 7.99. The number of ether oxygens (including phenoxy) is 2. The van der Waals surface area contributed by atoms with Crippen molar-refractivity contribution in [2.24, 2.45) is 0 Å². The van der Waals surface area contributed by atoms with Gasteiger partial charge in [0.25, 0.3) is 0 Å². The molecule has 0 amide bonds. The number of esters is 1. The molecule has 4 rings (SSSR count). The first-order valence-corrected chi connectivity index (χ1v) is 10.4. The number of carbonyl (C=O) groups excluding carboxylic acids is 1. The summed E-state index contributed by atoms with van der Waals surface area (Å²) in [5.41, 5.74) is 1.13. The minimum Gasteiger partial charge on any atom is -0.462 e. The van der Waals surface area contributed by atoms with Crippen LogP contribution in [0.5, 0.6) is 0 Å². The molecule has 29 heavy (non-hydrogen) atoms. The highest BCUT2D eigenvalue weighted by atomic mass is 32.2. The van der Waals surface area contributed by atoms with Gasteiger partial charge in [-0.05, 0) is 37.1 Å². The normalized spacial score (nSPS) is 16.1. The van der Waals surface area contributed by atoms with Gasteiger partial charge in [0.2, 0.25) is 0 Å². The van der Waals surface area contributed by atoms with E-state index in [9.17, 15) is 9.18 Å². The molecular weight excluding hydrogens is 393 g/mol. The van der Waals surface area contributed by atoms with Crippen molar-refractivity contribution in [2.45, 2.75) is 24.1 Å². The summed E-state index contributed by atoms with van der Waals surface area (Å²) in [6.45, 7) is 0.987. The van der Waals surface area contributed by atoms with E-state index in [-0.39, 0.29) is 30.3 Å². The van der Waals surface area contributed by atoms with Crippen molar-refractivity contribution in [1.82, 2.24) is 14.8 Å². The van der Waals surface area contributed by atoms with Gasteiger partial charge in [0.1, 0.15) is 12.4 Å². The summed E-state index contributed by atoms with van der Waals surface area (Å²) >= 11 is 1.21. The molecule has 0 spiro atoms. The van der Waals surface area contributed by atoms with Crippen molar-refractivity contribution in [2.75, 3.05) is 19.0 Å². The van der Waals surface area contributed by atoms with Crippen molar-refractivity contribution in [3.8, 4) is 17.1 Å². The summed E-state index contributed by atoms with van der Waals surface area (Å²) in [7, 11) is 0. The van der Waals surface area contributed by atoms with Gasteiger partial charge in [0.15, 0.2) is 11.0 Å². The molecule has 1 fully saturated rings. The number of thioether (sulfide) groups is 1. The zero-order valence-electron chi connectivity index (χ0n) is 15.7. The van der Waals surface area contributed by atoms with Crippen molar-refractivity contribution < 1.29 is 18.7 Å². The molecule has 0 N–H and O–H groups in total. The second kappa shape index (κ2) is 9.19. The van der Waals surface area contributed by atoms with Gasteiger partial charge in [-0.25, -0.2) is 4.39 Å². The van der Waals surface area contributed by atoms with E-state index in [0.29, 0.717) is 16.5 Å². The number of halogens is 1. The molecule has 1 saturated heterocycles. The minimum atomic E-state index is -0.385. The zero-order valence-corrected chi connectivity index (χ0v) is 16.5. The van der Waals surface area contributed by atoms with Crippen LogP contribution in [0.2, 0.25) is 0 Å². The number of benzene rings is 2. The molecule has 0 radical (unpaired) electrons. The molecule has 0 saturated carbocycles. The number of carbonyl (C=O) groups is 1. The topological polar surface area (TPSA) is 66.2 Å². The lowest BCUT2D eigenvalue weighted by Gasteiger charge is -2.11. The highest BCUT2D eigenvalue weighted by Crippen LogP contribution is 2.29. The highest BCUT2D eigenvalue weighted by Gasteiger charge is 2.21. The molecule has 0 bridgehead atoms. The molecule has 0 aliphatic carbocycles. The predicted molar refractivity (Wildman–Crippen MR) is 107 cm³/mol. The lowest BCUT2D eigenvalue weighted by molar-refractivity contribution is -0.143. The molecule has 2 aromatic carbocycles. The molecule has 6 nitrogen and oxygen atoms in total. The van der Waals surface area contributed by atoms with Gasteiger partial charge in [-0.2, -0.15) is 0 Å². The lowest BCUT2D eigenvalue weighted by atomic mass is 10.2. The molecular formula is C21H20FN3O3S. The lowest BCUT2D eigenvalue weighted by Crippen LogP contribution is -2.19. The summed E-state index contributed by atoms with van der Waals surface area (Å²) in [6, 6.07) is 15.8. The van der Waals surface area contributed by atoms with Crippen LogP contribution < -0.4 is 0 Å². The van der Waals surface area contributed by atoms with E-state index < -0.39 is 0 Å². The smallest absolute Gasteiger partial charge is 0.316 e. The number of hydrogen-bond acceptors (Lipinski definition) is 6. The Hall–Kier alpha value is -2.71. The SMILES string of the molecule is O=C(CSc1nnc(-c2ccccc2F)n1-c1ccccc1)OCC1CCCO1. The van der Waals surface area contributed by atoms with Crippen LogP contribution in [0.25, 0.3) is 17.1 Å². The van der Waals surface area contributed by atoms with E-state index in [1.807, 2.05) is 30.3 Å². The number of hydrogen-bond donors (Lipinski definition) is 0. The predicted octanol–water partition coefficient (Wildman–Crippen LogP) is 3.89. The molecule has 1 unspecified atom stereocenters. The average molecular weight is 413 g/mol. The monoisotopic (exact) mass is 413 g/mol. The molecule has 3 aromatic rings. The molecule has 1 aliphatic rings. The van der Waals surface area contributed by atoms with Gasteiger partial charge in [0, 0.05) is 12.3 Å². The number of para-hydroxylation sites is 1. The van der Waals surface area contributed by atoms with Crippen molar-refractivity contribution in [1.29, 1.82) is 0 Å². The van der Waals surface area contributed by atoms with Gasteiger partial charge in [-0.1, -0.05) is 42.1 Å². The number of nitrogens with zero attached hydrogens (tertiary/aromatic N) is 3. The van der Waals surface area contributed by atoms with E-state index in [1.165, 1.54) is 17.8 Å². The molecule has 8 heteroatoms. The second-order valence-corrected chi connectivity index (χ2v) is 7.51. The third-order valence-corrected chi connectivity index (χ3v) is 5.44. The molecule has 150 valence electrons. The van der Waals surface area contributed by atoms with Gasteiger partial charge < -0.3 is 9.47 Å². The largest absolute Gasteiger partial charge is 0.462 e. The third-order valence-electron chi connectivity index (χ3n) is 4.54. The average Bonchev–Trinajstić information content (AvgIpc) is 3.41. The summed E-state index contributed by atoms with van der Waals surface area (Å²) in [6.07, 6.45) is 1.90. The second-order valence-electron chi connectivity index (χ2n) is 6.56. The van der Waals surface area contributed by atoms with E-state index in [2.05, 4.69) is 10.2 Å². The van der Waals surface area contributed by atoms with E-state index in [0.717, 1.165) is 25.1 Å². The van der Waals surface area contributed by atoms with Gasteiger partial charge in [0.05, 0.1) is 17.4 Å². The van der Waals surface area contributed by atoms with E-state index >= 15 is 0 Å². The maximum Gasteiger partial charge on any atom is 0.316 e. The van der Waals surface area contributed by atoms with Crippen LogP contribution in [-0.2, 0) is 14.3 Å². The Bertz CT molecular complexity index is 974.